The van der Waals surface area contributed by atoms with Crippen LogP contribution in [0.25, 0.3) is 5.65 Å². The summed E-state index contributed by atoms with van der Waals surface area (Å²) in [5, 5.41) is 10.5. The van der Waals surface area contributed by atoms with E-state index in [1.807, 2.05) is 24.4 Å². The van der Waals surface area contributed by atoms with E-state index in [1.165, 1.54) is 12.4 Å². The third-order valence-electron chi connectivity index (χ3n) is 5.64. The van der Waals surface area contributed by atoms with Crippen molar-refractivity contribution < 1.29 is 9.59 Å². The zero-order valence-electron chi connectivity index (χ0n) is 16.3. The zero-order chi connectivity index (χ0) is 20.7. The summed E-state index contributed by atoms with van der Waals surface area (Å²) in [5.74, 6) is 0.666. The Balaban J connectivity index is 1.46. The molecule has 3 aromatic rings. The predicted molar refractivity (Wildman–Crippen MR) is 112 cm³/mol. The molecule has 152 valence electrons. The van der Waals surface area contributed by atoms with Gasteiger partial charge in [-0.15, -0.1) is 0 Å². The summed E-state index contributed by atoms with van der Waals surface area (Å²) in [7, 11) is 0. The summed E-state index contributed by atoms with van der Waals surface area (Å²) in [6.07, 6.45) is 6.78. The lowest BCUT2D eigenvalue weighted by Crippen LogP contribution is -2.26. The highest BCUT2D eigenvalue weighted by molar-refractivity contribution is 5.94. The molecule has 30 heavy (non-hydrogen) atoms. The average molecular weight is 403 g/mol. The molecule has 2 aliphatic rings. The van der Waals surface area contributed by atoms with Gasteiger partial charge in [-0.25, -0.2) is 14.5 Å². The van der Waals surface area contributed by atoms with Gasteiger partial charge in [0.25, 0.3) is 0 Å². The third kappa shape index (κ3) is 3.28. The first-order valence-corrected chi connectivity index (χ1v) is 9.92. The number of likely N-dealkylation sites (tertiary alicyclic amines) is 1. The van der Waals surface area contributed by atoms with Crippen molar-refractivity contribution in [3.63, 3.8) is 0 Å². The van der Waals surface area contributed by atoms with Gasteiger partial charge in [0.05, 0.1) is 11.9 Å². The smallest absolute Gasteiger partial charge is 0.245 e. The molecule has 1 saturated heterocycles. The van der Waals surface area contributed by atoms with Crippen molar-refractivity contribution in [3.8, 4) is 0 Å². The largest absolute Gasteiger partial charge is 0.338 e. The number of nitrogens with zero attached hydrogens (tertiary/aromatic N) is 5. The van der Waals surface area contributed by atoms with E-state index in [9.17, 15) is 9.59 Å². The summed E-state index contributed by atoms with van der Waals surface area (Å²) in [5.41, 5.74) is 4.20. The summed E-state index contributed by atoms with van der Waals surface area (Å²) >= 11 is 0. The van der Waals surface area contributed by atoms with Crippen LogP contribution in [0.5, 0.6) is 0 Å². The molecule has 2 aromatic heterocycles. The molecule has 0 radical (unpaired) electrons. The molecule has 2 aliphatic heterocycles. The monoisotopic (exact) mass is 403 g/mol. The lowest BCUT2D eigenvalue weighted by atomic mass is 10.0. The Bertz CT molecular complexity index is 1170. The van der Waals surface area contributed by atoms with Crippen molar-refractivity contribution in [3.05, 3.63) is 54.6 Å². The van der Waals surface area contributed by atoms with Crippen LogP contribution in [-0.4, -0.2) is 49.4 Å². The fourth-order valence-electron chi connectivity index (χ4n) is 4.05. The second-order valence-corrected chi connectivity index (χ2v) is 7.56. The molecule has 0 bridgehead atoms. The first-order valence-electron chi connectivity index (χ1n) is 9.92. The maximum atomic E-state index is 11.9. The SMILES string of the molecule is C=CC(=O)N1CCC(c2cn3ncnc3c(Nc3ccc4c(c3)NC(=O)CC4)n2)C1. The molecule has 2 amide bonds. The van der Waals surface area contributed by atoms with Gasteiger partial charge in [-0.2, -0.15) is 5.10 Å². The molecule has 1 fully saturated rings. The molecular formula is C21H21N7O2. The Morgan fingerprint density at radius 2 is 2.23 bits per heavy atom. The number of carbonyl (C=O) groups excluding carboxylic acids is 2. The quantitative estimate of drug-likeness (QED) is 0.648. The highest BCUT2D eigenvalue weighted by Gasteiger charge is 2.28. The number of amides is 2. The number of rotatable bonds is 4. The molecule has 1 unspecified atom stereocenters. The lowest BCUT2D eigenvalue weighted by Gasteiger charge is -2.18. The summed E-state index contributed by atoms with van der Waals surface area (Å²) < 4.78 is 1.70. The van der Waals surface area contributed by atoms with Crippen LogP contribution in [0.2, 0.25) is 0 Å². The number of anilines is 3. The zero-order valence-corrected chi connectivity index (χ0v) is 16.3. The van der Waals surface area contributed by atoms with Gasteiger partial charge in [-0.3, -0.25) is 9.59 Å². The van der Waals surface area contributed by atoms with Crippen LogP contribution in [-0.2, 0) is 16.0 Å². The Morgan fingerprint density at radius 1 is 1.33 bits per heavy atom. The second-order valence-electron chi connectivity index (χ2n) is 7.56. The Labute approximate surface area is 172 Å². The third-order valence-corrected chi connectivity index (χ3v) is 5.64. The topological polar surface area (TPSA) is 105 Å². The molecule has 1 atom stereocenters. The molecule has 4 heterocycles. The molecule has 0 spiro atoms. The van der Waals surface area contributed by atoms with Gasteiger partial charge in [0, 0.05) is 36.8 Å². The maximum absolute atomic E-state index is 11.9. The molecule has 9 nitrogen and oxygen atoms in total. The highest BCUT2D eigenvalue weighted by Crippen LogP contribution is 2.30. The maximum Gasteiger partial charge on any atom is 0.245 e. The minimum absolute atomic E-state index is 0.0273. The van der Waals surface area contributed by atoms with Crippen molar-refractivity contribution >= 4 is 34.7 Å². The number of hydrogen-bond donors (Lipinski definition) is 2. The van der Waals surface area contributed by atoms with Gasteiger partial charge in [-0.1, -0.05) is 12.6 Å². The number of hydrogen-bond acceptors (Lipinski definition) is 6. The van der Waals surface area contributed by atoms with Crippen LogP contribution < -0.4 is 10.6 Å². The number of aromatic nitrogens is 4. The van der Waals surface area contributed by atoms with Crippen molar-refractivity contribution in [2.75, 3.05) is 23.7 Å². The second kappa shape index (κ2) is 7.25. The number of aryl methyl sites for hydroxylation is 1. The number of fused-ring (bicyclic) bond motifs is 2. The van der Waals surface area contributed by atoms with Gasteiger partial charge >= 0.3 is 0 Å². The standard InChI is InChI=1S/C21H21N7O2/c1-2-19(30)27-8-7-14(10-27)17-11-28-21(22-12-23-28)20(26-17)24-15-5-3-13-4-6-18(29)25-16(13)9-15/h2-3,5,9,11-12,14H,1,4,6-8,10H2,(H,24,26)(H,25,29). The van der Waals surface area contributed by atoms with Gasteiger partial charge in [-0.05, 0) is 36.6 Å². The van der Waals surface area contributed by atoms with E-state index in [2.05, 4.69) is 27.3 Å². The minimum atomic E-state index is -0.0613. The van der Waals surface area contributed by atoms with E-state index in [1.54, 1.807) is 9.42 Å². The van der Waals surface area contributed by atoms with Gasteiger partial charge in [0.1, 0.15) is 6.33 Å². The molecule has 5 rings (SSSR count). The Morgan fingerprint density at radius 3 is 3.10 bits per heavy atom. The first kappa shape index (κ1) is 18.3. The average Bonchev–Trinajstić information content (AvgIpc) is 3.42. The summed E-state index contributed by atoms with van der Waals surface area (Å²) in [4.78, 5) is 34.6. The molecule has 9 heteroatoms. The van der Waals surface area contributed by atoms with Gasteiger partial charge in [0.2, 0.25) is 11.8 Å². The molecule has 0 aliphatic carbocycles. The fraction of sp³-hybridized carbons (Fsp3) is 0.286. The number of benzene rings is 1. The van der Waals surface area contributed by atoms with Crippen LogP contribution in [0, 0.1) is 0 Å². The number of nitrogens with one attached hydrogen (secondary N) is 2. The minimum Gasteiger partial charge on any atom is -0.338 e. The number of carbonyl (C=O) groups is 2. The fourth-order valence-corrected chi connectivity index (χ4v) is 4.05. The first-order chi connectivity index (χ1) is 14.6. The van der Waals surface area contributed by atoms with E-state index in [4.69, 9.17) is 4.98 Å². The van der Waals surface area contributed by atoms with Crippen molar-refractivity contribution in [2.45, 2.75) is 25.2 Å². The van der Waals surface area contributed by atoms with E-state index in [-0.39, 0.29) is 17.7 Å². The normalized spacial score (nSPS) is 18.2. The summed E-state index contributed by atoms with van der Waals surface area (Å²) in [6, 6.07) is 5.89. The van der Waals surface area contributed by atoms with Crippen LogP contribution >= 0.6 is 0 Å². The van der Waals surface area contributed by atoms with Gasteiger partial charge < -0.3 is 15.5 Å². The molecule has 2 N–H and O–H groups in total. The van der Waals surface area contributed by atoms with Crippen LogP contribution in [0.1, 0.15) is 30.0 Å². The van der Waals surface area contributed by atoms with E-state index in [0.29, 0.717) is 31.0 Å². The van der Waals surface area contributed by atoms with Gasteiger partial charge in [0.15, 0.2) is 11.5 Å². The highest BCUT2D eigenvalue weighted by atomic mass is 16.2. The summed E-state index contributed by atoms with van der Waals surface area (Å²) in [6.45, 7) is 4.85. The molecule has 0 saturated carbocycles. The van der Waals surface area contributed by atoms with Crippen molar-refractivity contribution in [1.29, 1.82) is 0 Å². The van der Waals surface area contributed by atoms with Crippen LogP contribution in [0.3, 0.4) is 0 Å². The Kier molecular flexibility index (Phi) is 4.42. The molecular weight excluding hydrogens is 382 g/mol. The lowest BCUT2D eigenvalue weighted by molar-refractivity contribution is -0.125. The van der Waals surface area contributed by atoms with E-state index < -0.39 is 0 Å². The van der Waals surface area contributed by atoms with E-state index in [0.717, 1.165) is 35.5 Å². The van der Waals surface area contributed by atoms with E-state index >= 15 is 0 Å². The van der Waals surface area contributed by atoms with Crippen molar-refractivity contribution in [2.24, 2.45) is 0 Å². The van der Waals surface area contributed by atoms with Crippen LogP contribution in [0.15, 0.2) is 43.4 Å². The molecule has 1 aromatic carbocycles. The Hall–Kier alpha value is -3.75. The van der Waals surface area contributed by atoms with Crippen LogP contribution in [0.4, 0.5) is 17.2 Å². The predicted octanol–water partition coefficient (Wildman–Crippen LogP) is 2.25. The van der Waals surface area contributed by atoms with Crippen molar-refractivity contribution in [1.82, 2.24) is 24.5 Å².